The second-order valence-corrected chi connectivity index (χ2v) is 8.24. The molecule has 0 amide bonds. The highest BCUT2D eigenvalue weighted by atomic mass is 32.5. The van der Waals surface area contributed by atoms with Crippen molar-refractivity contribution in [1.29, 1.82) is 0 Å². The number of aliphatic hydroxyl groups excluding tert-OH is 1. The van der Waals surface area contributed by atoms with E-state index in [0.717, 1.165) is 22.3 Å². The van der Waals surface area contributed by atoms with Crippen LogP contribution >= 0.6 is 6.72 Å². The fraction of sp³-hybridized carbons (Fsp3) is 0.294. The van der Waals surface area contributed by atoms with Crippen molar-refractivity contribution in [3.8, 4) is 11.1 Å². The maximum absolute atomic E-state index is 9.89. The van der Waals surface area contributed by atoms with Crippen LogP contribution in [0.2, 0.25) is 0 Å². The third kappa shape index (κ3) is 5.81. The Balaban J connectivity index is 2.00. The van der Waals surface area contributed by atoms with Gasteiger partial charge in [0.2, 0.25) is 0 Å². The van der Waals surface area contributed by atoms with Crippen LogP contribution in [0, 0.1) is 0 Å². The van der Waals surface area contributed by atoms with Crippen molar-refractivity contribution < 1.29 is 19.0 Å². The molecule has 4 nitrogen and oxygen atoms in total. The first-order chi connectivity index (χ1) is 10.9. The zero-order chi connectivity index (χ0) is 16.9. The Morgan fingerprint density at radius 1 is 0.957 bits per heavy atom. The van der Waals surface area contributed by atoms with Gasteiger partial charge in [-0.05, 0) is 47.9 Å². The van der Waals surface area contributed by atoms with Crippen molar-refractivity contribution >= 4 is 18.5 Å². The molecule has 0 heterocycles. The van der Waals surface area contributed by atoms with E-state index >= 15 is 0 Å². The predicted octanol–water partition coefficient (Wildman–Crippen LogP) is 4.00. The normalized spacial score (nSPS) is 14.0. The molecule has 23 heavy (non-hydrogen) atoms. The van der Waals surface area contributed by atoms with E-state index in [4.69, 9.17) is 26.0 Å². The molecular weight excluding hydrogens is 331 g/mol. The molecule has 0 aliphatic heterocycles. The van der Waals surface area contributed by atoms with Gasteiger partial charge < -0.3 is 19.0 Å². The second kappa shape index (κ2) is 8.15. The van der Waals surface area contributed by atoms with E-state index in [1.165, 1.54) is 0 Å². The fourth-order valence-electron chi connectivity index (χ4n) is 2.05. The highest BCUT2D eigenvalue weighted by Crippen LogP contribution is 2.45. The monoisotopic (exact) mass is 352 g/mol. The molecule has 0 saturated carbocycles. The predicted molar refractivity (Wildman–Crippen MR) is 95.3 cm³/mol. The Kier molecular flexibility index (Phi) is 6.48. The van der Waals surface area contributed by atoms with Gasteiger partial charge in [-0.1, -0.05) is 48.5 Å². The maximum atomic E-state index is 9.89. The third-order valence-electron chi connectivity index (χ3n) is 3.16. The first-order valence-electron chi connectivity index (χ1n) is 7.34. The lowest BCUT2D eigenvalue weighted by Crippen LogP contribution is -2.02. The minimum absolute atomic E-state index is 0.0438. The standard InChI is InChI=1S/C17H21O4PS/c1-13(2)21-22(19,23)20-12-15-5-9-17(10-6-15)16-7-3-14(11-18)4-8-16/h3-10,13,18H,11-12H2,1-2H3,(H,19,23). The van der Waals surface area contributed by atoms with Crippen molar-refractivity contribution in [3.05, 3.63) is 59.7 Å². The minimum Gasteiger partial charge on any atom is -0.392 e. The summed E-state index contributed by atoms with van der Waals surface area (Å²) in [6.45, 7) is 0.679. The van der Waals surface area contributed by atoms with E-state index in [2.05, 4.69) is 0 Å². The van der Waals surface area contributed by atoms with E-state index in [1.54, 1.807) is 13.8 Å². The first kappa shape index (κ1) is 18.3. The van der Waals surface area contributed by atoms with E-state index in [1.807, 2.05) is 48.5 Å². The molecule has 2 rings (SSSR count). The van der Waals surface area contributed by atoms with Crippen LogP contribution in [0.15, 0.2) is 48.5 Å². The van der Waals surface area contributed by atoms with Gasteiger partial charge in [0.05, 0.1) is 19.3 Å². The molecule has 0 aliphatic rings. The smallest absolute Gasteiger partial charge is 0.325 e. The molecular formula is C17H21O4PS. The molecule has 0 aromatic heterocycles. The van der Waals surface area contributed by atoms with Crippen molar-refractivity contribution in [1.82, 2.24) is 0 Å². The van der Waals surface area contributed by atoms with E-state index < -0.39 is 6.72 Å². The van der Waals surface area contributed by atoms with Crippen LogP contribution in [-0.4, -0.2) is 16.1 Å². The number of rotatable bonds is 7. The van der Waals surface area contributed by atoms with Crippen LogP contribution in [0.25, 0.3) is 11.1 Å². The molecule has 124 valence electrons. The van der Waals surface area contributed by atoms with Crippen LogP contribution in [0.1, 0.15) is 25.0 Å². The summed E-state index contributed by atoms with van der Waals surface area (Å²) in [4.78, 5) is 9.89. The highest BCUT2D eigenvalue weighted by molar-refractivity contribution is 8.07. The Labute approximate surface area is 142 Å². The van der Waals surface area contributed by atoms with Crippen LogP contribution in [0.3, 0.4) is 0 Å². The lowest BCUT2D eigenvalue weighted by Gasteiger charge is -2.18. The van der Waals surface area contributed by atoms with Gasteiger partial charge in [0, 0.05) is 0 Å². The van der Waals surface area contributed by atoms with Crippen LogP contribution in [0.5, 0.6) is 0 Å². The fourth-order valence-corrected chi connectivity index (χ4v) is 3.63. The molecule has 0 radical (unpaired) electrons. The molecule has 0 bridgehead atoms. The Morgan fingerprint density at radius 3 is 1.87 bits per heavy atom. The summed E-state index contributed by atoms with van der Waals surface area (Å²) in [7, 11) is 0. The third-order valence-corrected chi connectivity index (χ3v) is 4.88. The van der Waals surface area contributed by atoms with E-state index in [0.29, 0.717) is 0 Å². The first-order valence-corrected chi connectivity index (χ1v) is 9.93. The number of hydrogen-bond acceptors (Lipinski definition) is 4. The lowest BCUT2D eigenvalue weighted by molar-refractivity contribution is 0.157. The Morgan fingerprint density at radius 2 is 1.43 bits per heavy atom. The zero-order valence-electron chi connectivity index (χ0n) is 13.2. The molecule has 2 aromatic carbocycles. The number of benzene rings is 2. The average molecular weight is 352 g/mol. The van der Waals surface area contributed by atoms with Crippen molar-refractivity contribution in [2.45, 2.75) is 33.2 Å². The summed E-state index contributed by atoms with van der Waals surface area (Å²) < 4.78 is 10.5. The zero-order valence-corrected chi connectivity index (χ0v) is 14.9. The Hall–Kier alpha value is -1.07. The van der Waals surface area contributed by atoms with Gasteiger partial charge in [-0.2, -0.15) is 0 Å². The summed E-state index contributed by atoms with van der Waals surface area (Å²) >= 11 is 4.95. The lowest BCUT2D eigenvalue weighted by atomic mass is 10.0. The topological polar surface area (TPSA) is 58.9 Å². The molecule has 6 heteroatoms. The summed E-state index contributed by atoms with van der Waals surface area (Å²) in [5, 5.41) is 9.06. The number of aliphatic hydroxyl groups is 1. The molecule has 2 N–H and O–H groups in total. The van der Waals surface area contributed by atoms with Crippen LogP contribution in [-0.2, 0) is 34.1 Å². The Bertz CT molecular complexity index is 668. The SMILES string of the molecule is CC(C)OP(O)(=S)OCc1ccc(-c2ccc(CO)cc2)cc1. The quantitative estimate of drug-likeness (QED) is 0.738. The largest absolute Gasteiger partial charge is 0.392 e. The summed E-state index contributed by atoms with van der Waals surface area (Å²) in [5.74, 6) is 0. The van der Waals surface area contributed by atoms with Gasteiger partial charge in [-0.25, -0.2) is 0 Å². The molecule has 1 atom stereocenters. The highest BCUT2D eigenvalue weighted by Gasteiger charge is 2.16. The molecule has 0 fully saturated rings. The summed E-state index contributed by atoms with van der Waals surface area (Å²) in [6, 6.07) is 15.6. The van der Waals surface area contributed by atoms with Gasteiger partial charge in [-0.15, -0.1) is 0 Å². The summed E-state index contributed by atoms with van der Waals surface area (Å²) in [6.07, 6.45) is -0.171. The van der Waals surface area contributed by atoms with Crippen molar-refractivity contribution in [3.63, 3.8) is 0 Å². The minimum atomic E-state index is -3.18. The molecule has 1 unspecified atom stereocenters. The van der Waals surface area contributed by atoms with Crippen molar-refractivity contribution in [2.24, 2.45) is 0 Å². The van der Waals surface area contributed by atoms with E-state index in [-0.39, 0.29) is 19.3 Å². The molecule has 0 saturated heterocycles. The molecule has 2 aromatic rings. The molecule has 0 aliphatic carbocycles. The summed E-state index contributed by atoms with van der Waals surface area (Å²) in [5.41, 5.74) is 3.94. The van der Waals surface area contributed by atoms with Gasteiger partial charge >= 0.3 is 6.72 Å². The number of hydrogen-bond donors (Lipinski definition) is 2. The van der Waals surface area contributed by atoms with Gasteiger partial charge in [0.25, 0.3) is 0 Å². The van der Waals surface area contributed by atoms with Gasteiger partial charge in [0.1, 0.15) is 0 Å². The van der Waals surface area contributed by atoms with Crippen LogP contribution < -0.4 is 0 Å². The van der Waals surface area contributed by atoms with Crippen LogP contribution in [0.4, 0.5) is 0 Å². The maximum Gasteiger partial charge on any atom is 0.325 e. The van der Waals surface area contributed by atoms with Gasteiger partial charge in [-0.3, -0.25) is 0 Å². The van der Waals surface area contributed by atoms with Gasteiger partial charge in [0.15, 0.2) is 0 Å². The van der Waals surface area contributed by atoms with E-state index in [9.17, 15) is 4.89 Å². The average Bonchev–Trinajstić information content (AvgIpc) is 2.52. The molecule has 0 spiro atoms. The van der Waals surface area contributed by atoms with Crippen molar-refractivity contribution in [2.75, 3.05) is 0 Å². The second-order valence-electron chi connectivity index (χ2n) is 5.45.